The molecule has 0 amide bonds. The zero-order valence-electron chi connectivity index (χ0n) is 12.3. The molecule has 1 unspecified atom stereocenters. The fourth-order valence-corrected chi connectivity index (χ4v) is 2.41. The molecule has 0 spiro atoms. The topological polar surface area (TPSA) is 30.5 Å². The summed E-state index contributed by atoms with van der Waals surface area (Å²) < 4.78 is 24.8. The van der Waals surface area contributed by atoms with Gasteiger partial charge in [0.1, 0.15) is 17.7 Å². The van der Waals surface area contributed by atoms with Crippen LogP contribution in [-0.2, 0) is 4.74 Å². The van der Waals surface area contributed by atoms with Crippen molar-refractivity contribution >= 4 is 0 Å². The van der Waals surface area contributed by atoms with Crippen molar-refractivity contribution < 1.29 is 13.9 Å². The van der Waals surface area contributed by atoms with E-state index in [4.69, 9.17) is 9.47 Å². The highest BCUT2D eigenvalue weighted by Crippen LogP contribution is 2.28. The zero-order chi connectivity index (χ0) is 14.4. The minimum Gasteiger partial charge on any atom is -0.490 e. The molecule has 3 nitrogen and oxygen atoms in total. The molecule has 4 heteroatoms. The largest absolute Gasteiger partial charge is 0.490 e. The molecule has 112 valence electrons. The molecule has 0 radical (unpaired) electrons. The Hall–Kier alpha value is -1.13. The van der Waals surface area contributed by atoms with E-state index < -0.39 is 0 Å². The van der Waals surface area contributed by atoms with Crippen molar-refractivity contribution in [2.45, 2.75) is 45.3 Å². The van der Waals surface area contributed by atoms with Crippen molar-refractivity contribution in [3.63, 3.8) is 0 Å². The van der Waals surface area contributed by atoms with Crippen molar-refractivity contribution in [1.29, 1.82) is 0 Å². The second kappa shape index (κ2) is 7.60. The summed E-state index contributed by atoms with van der Waals surface area (Å²) in [4.78, 5) is 0. The van der Waals surface area contributed by atoms with Gasteiger partial charge in [-0.1, -0.05) is 13.0 Å². The molecule has 1 atom stereocenters. The number of rotatable bonds is 6. The van der Waals surface area contributed by atoms with Crippen LogP contribution in [0.15, 0.2) is 18.2 Å². The standard InChI is InChI=1S/C16H24FNO2/c1-3-8-18-12(2)15-5-4-13(17)11-16(15)20-14-6-9-19-10-7-14/h4-5,11-12,14,18H,3,6-10H2,1-2H3. The molecule has 1 aliphatic heterocycles. The van der Waals surface area contributed by atoms with Gasteiger partial charge < -0.3 is 14.8 Å². The van der Waals surface area contributed by atoms with E-state index in [1.54, 1.807) is 0 Å². The van der Waals surface area contributed by atoms with Crippen LogP contribution in [0.3, 0.4) is 0 Å². The second-order valence-corrected chi connectivity index (χ2v) is 5.29. The third kappa shape index (κ3) is 4.18. The average Bonchev–Trinajstić information content (AvgIpc) is 2.46. The van der Waals surface area contributed by atoms with Gasteiger partial charge in [0.2, 0.25) is 0 Å². The van der Waals surface area contributed by atoms with Gasteiger partial charge in [0.25, 0.3) is 0 Å². The number of nitrogens with one attached hydrogen (secondary N) is 1. The molecule has 1 saturated heterocycles. The maximum Gasteiger partial charge on any atom is 0.127 e. The van der Waals surface area contributed by atoms with Gasteiger partial charge >= 0.3 is 0 Å². The summed E-state index contributed by atoms with van der Waals surface area (Å²) in [5.41, 5.74) is 1.02. The van der Waals surface area contributed by atoms with E-state index in [0.717, 1.165) is 44.6 Å². The molecule has 0 aromatic heterocycles. The molecular weight excluding hydrogens is 257 g/mol. The van der Waals surface area contributed by atoms with E-state index >= 15 is 0 Å². The summed E-state index contributed by atoms with van der Waals surface area (Å²) in [5, 5.41) is 3.42. The molecule has 1 aromatic rings. The lowest BCUT2D eigenvalue weighted by Crippen LogP contribution is -2.27. The summed E-state index contributed by atoms with van der Waals surface area (Å²) in [6.07, 6.45) is 2.93. The lowest BCUT2D eigenvalue weighted by Gasteiger charge is -2.26. The first-order valence-electron chi connectivity index (χ1n) is 7.48. The average molecular weight is 281 g/mol. The van der Waals surface area contributed by atoms with Crippen LogP contribution in [0.2, 0.25) is 0 Å². The summed E-state index contributed by atoms with van der Waals surface area (Å²) in [7, 11) is 0. The Morgan fingerprint density at radius 3 is 2.85 bits per heavy atom. The van der Waals surface area contributed by atoms with E-state index in [-0.39, 0.29) is 18.0 Å². The van der Waals surface area contributed by atoms with Crippen LogP contribution in [0.4, 0.5) is 4.39 Å². The third-order valence-electron chi connectivity index (χ3n) is 3.60. The molecule has 0 bridgehead atoms. The molecule has 20 heavy (non-hydrogen) atoms. The van der Waals surface area contributed by atoms with Crippen LogP contribution in [0.25, 0.3) is 0 Å². The van der Waals surface area contributed by atoms with Crippen molar-refractivity contribution in [2.24, 2.45) is 0 Å². The molecular formula is C16H24FNO2. The Morgan fingerprint density at radius 2 is 2.15 bits per heavy atom. The van der Waals surface area contributed by atoms with E-state index in [1.165, 1.54) is 12.1 Å². The lowest BCUT2D eigenvalue weighted by molar-refractivity contribution is 0.0249. The summed E-state index contributed by atoms with van der Waals surface area (Å²) >= 11 is 0. The molecule has 1 fully saturated rings. The maximum atomic E-state index is 13.5. The molecule has 0 saturated carbocycles. The van der Waals surface area contributed by atoms with E-state index in [0.29, 0.717) is 5.75 Å². The quantitative estimate of drug-likeness (QED) is 0.866. The normalized spacial score (nSPS) is 17.9. The zero-order valence-corrected chi connectivity index (χ0v) is 12.3. The second-order valence-electron chi connectivity index (χ2n) is 5.29. The third-order valence-corrected chi connectivity index (χ3v) is 3.60. The van der Waals surface area contributed by atoms with Crippen LogP contribution in [0.5, 0.6) is 5.75 Å². The van der Waals surface area contributed by atoms with E-state index in [1.807, 2.05) is 6.07 Å². The van der Waals surface area contributed by atoms with Gasteiger partial charge in [0.05, 0.1) is 13.2 Å². The van der Waals surface area contributed by atoms with Gasteiger partial charge in [0.15, 0.2) is 0 Å². The first-order chi connectivity index (χ1) is 9.70. The van der Waals surface area contributed by atoms with Gasteiger partial charge in [-0.2, -0.15) is 0 Å². The lowest BCUT2D eigenvalue weighted by atomic mass is 10.1. The predicted octanol–water partition coefficient (Wildman–Crippen LogP) is 3.44. The first-order valence-corrected chi connectivity index (χ1v) is 7.48. The Morgan fingerprint density at radius 1 is 1.40 bits per heavy atom. The predicted molar refractivity (Wildman–Crippen MR) is 77.6 cm³/mol. The van der Waals surface area contributed by atoms with Crippen molar-refractivity contribution in [2.75, 3.05) is 19.8 Å². The van der Waals surface area contributed by atoms with Crippen LogP contribution < -0.4 is 10.1 Å². The monoisotopic (exact) mass is 281 g/mol. The summed E-state index contributed by atoms with van der Waals surface area (Å²) in [6, 6.07) is 4.97. The minimum absolute atomic E-state index is 0.127. The summed E-state index contributed by atoms with van der Waals surface area (Å²) in [5.74, 6) is 0.409. The molecule has 1 aromatic carbocycles. The number of benzene rings is 1. The smallest absolute Gasteiger partial charge is 0.127 e. The van der Waals surface area contributed by atoms with Crippen molar-refractivity contribution in [3.05, 3.63) is 29.6 Å². The van der Waals surface area contributed by atoms with E-state index in [9.17, 15) is 4.39 Å². The Bertz CT molecular complexity index is 419. The number of hydrogen-bond acceptors (Lipinski definition) is 3. The van der Waals surface area contributed by atoms with E-state index in [2.05, 4.69) is 19.2 Å². The highest BCUT2D eigenvalue weighted by atomic mass is 19.1. The van der Waals surface area contributed by atoms with Gasteiger partial charge in [-0.25, -0.2) is 4.39 Å². The summed E-state index contributed by atoms with van der Waals surface area (Å²) in [6.45, 7) is 6.59. The highest BCUT2D eigenvalue weighted by molar-refractivity contribution is 5.36. The fraction of sp³-hybridized carbons (Fsp3) is 0.625. The van der Waals surface area contributed by atoms with Gasteiger partial charge in [-0.3, -0.25) is 0 Å². The van der Waals surface area contributed by atoms with Crippen LogP contribution >= 0.6 is 0 Å². The molecule has 0 aliphatic carbocycles. The maximum absolute atomic E-state index is 13.5. The van der Waals surface area contributed by atoms with Crippen LogP contribution in [-0.4, -0.2) is 25.9 Å². The van der Waals surface area contributed by atoms with Crippen molar-refractivity contribution in [3.8, 4) is 5.75 Å². The first kappa shape index (κ1) is 15.3. The molecule has 2 rings (SSSR count). The van der Waals surface area contributed by atoms with Crippen LogP contribution in [0, 0.1) is 5.82 Å². The van der Waals surface area contributed by atoms with Gasteiger partial charge in [-0.05, 0) is 26.0 Å². The Kier molecular flexibility index (Phi) is 5.80. The number of ether oxygens (including phenoxy) is 2. The van der Waals surface area contributed by atoms with Crippen LogP contribution in [0.1, 0.15) is 44.7 Å². The Labute approximate surface area is 120 Å². The highest BCUT2D eigenvalue weighted by Gasteiger charge is 2.19. The molecule has 1 aliphatic rings. The Balaban J connectivity index is 2.10. The molecule has 1 heterocycles. The minimum atomic E-state index is -0.251. The van der Waals surface area contributed by atoms with Gasteiger partial charge in [0, 0.05) is 30.5 Å². The molecule has 1 N–H and O–H groups in total. The number of halogens is 1. The fourth-order valence-electron chi connectivity index (χ4n) is 2.41. The van der Waals surface area contributed by atoms with Gasteiger partial charge in [-0.15, -0.1) is 0 Å². The SMILES string of the molecule is CCCNC(C)c1ccc(F)cc1OC1CCOCC1. The number of hydrogen-bond donors (Lipinski definition) is 1. The van der Waals surface area contributed by atoms with Crippen molar-refractivity contribution in [1.82, 2.24) is 5.32 Å².